The molecule has 3 N–H and O–H groups in total. The Labute approximate surface area is 163 Å². The van der Waals surface area contributed by atoms with Crippen LogP contribution in [0.25, 0.3) is 0 Å². The second-order valence-corrected chi connectivity index (χ2v) is 7.77. The van der Waals surface area contributed by atoms with Crippen LogP contribution in [0.5, 0.6) is 0 Å². The summed E-state index contributed by atoms with van der Waals surface area (Å²) in [7, 11) is 0. The molecule has 138 valence electrons. The molecule has 2 aromatic carbocycles. The van der Waals surface area contributed by atoms with Gasteiger partial charge in [-0.3, -0.25) is 14.9 Å². The largest absolute Gasteiger partial charge is 0.369 e. The van der Waals surface area contributed by atoms with Gasteiger partial charge in [-0.05, 0) is 29.8 Å². The first-order chi connectivity index (χ1) is 13.0. The highest BCUT2D eigenvalue weighted by Crippen LogP contribution is 2.25. The third-order valence-corrected chi connectivity index (χ3v) is 5.58. The summed E-state index contributed by atoms with van der Waals surface area (Å²) in [5.41, 5.74) is 6.60. The molecule has 0 unspecified atom stereocenters. The zero-order valence-electron chi connectivity index (χ0n) is 14.1. The van der Waals surface area contributed by atoms with Crippen molar-refractivity contribution in [3.8, 4) is 0 Å². The van der Waals surface area contributed by atoms with Crippen molar-refractivity contribution in [1.82, 2.24) is 4.98 Å². The molecule has 0 radical (unpaired) electrons. The molecule has 1 aromatic heterocycles. The minimum atomic E-state index is -0.444. The molecule has 5 nitrogen and oxygen atoms in total. The first-order valence-electron chi connectivity index (χ1n) is 8.02. The molecule has 0 saturated carbocycles. The maximum absolute atomic E-state index is 13.0. The van der Waals surface area contributed by atoms with Crippen molar-refractivity contribution in [1.29, 1.82) is 0 Å². The van der Waals surface area contributed by atoms with E-state index in [-0.39, 0.29) is 17.5 Å². The predicted octanol–water partition coefficient (Wildman–Crippen LogP) is 3.70. The van der Waals surface area contributed by atoms with Crippen molar-refractivity contribution in [2.45, 2.75) is 11.3 Å². The molecule has 27 heavy (non-hydrogen) atoms. The van der Waals surface area contributed by atoms with E-state index in [2.05, 4.69) is 10.3 Å². The monoisotopic (exact) mass is 401 g/mol. The number of nitrogens with one attached hydrogen (secondary N) is 1. The van der Waals surface area contributed by atoms with Gasteiger partial charge in [0.25, 0.3) is 5.91 Å². The molecule has 0 aliphatic rings. The SMILES string of the molecule is NC(=O)CSc1ccccc1C(=O)Nc1ncc(Cc2ccc(F)cc2)s1. The zero-order valence-corrected chi connectivity index (χ0v) is 15.8. The zero-order chi connectivity index (χ0) is 19.2. The number of nitrogens with zero attached hydrogens (tertiary/aromatic N) is 1. The van der Waals surface area contributed by atoms with Crippen LogP contribution in [0.15, 0.2) is 59.6 Å². The number of halogens is 1. The van der Waals surface area contributed by atoms with Gasteiger partial charge in [-0.1, -0.05) is 24.3 Å². The van der Waals surface area contributed by atoms with Crippen molar-refractivity contribution < 1.29 is 14.0 Å². The minimum Gasteiger partial charge on any atom is -0.369 e. The summed E-state index contributed by atoms with van der Waals surface area (Å²) in [6.07, 6.45) is 2.30. The number of hydrogen-bond acceptors (Lipinski definition) is 5. The summed E-state index contributed by atoms with van der Waals surface area (Å²) in [5, 5.41) is 3.26. The fourth-order valence-corrected chi connectivity index (χ4v) is 3.97. The Balaban J connectivity index is 1.67. The normalized spacial score (nSPS) is 10.6. The number of nitrogens with two attached hydrogens (primary N) is 1. The highest BCUT2D eigenvalue weighted by molar-refractivity contribution is 8.00. The molecule has 3 rings (SSSR count). The van der Waals surface area contributed by atoms with Crippen molar-refractivity contribution in [2.24, 2.45) is 5.73 Å². The quantitative estimate of drug-likeness (QED) is 0.591. The Kier molecular flexibility index (Phi) is 6.20. The molecule has 0 spiro atoms. The molecule has 8 heteroatoms. The van der Waals surface area contributed by atoms with E-state index in [1.54, 1.807) is 42.6 Å². The van der Waals surface area contributed by atoms with Crippen molar-refractivity contribution in [3.05, 3.63) is 76.5 Å². The van der Waals surface area contributed by atoms with Gasteiger partial charge in [0.1, 0.15) is 5.82 Å². The number of hydrogen-bond donors (Lipinski definition) is 2. The lowest BCUT2D eigenvalue weighted by molar-refractivity contribution is -0.115. The third-order valence-electron chi connectivity index (χ3n) is 3.57. The van der Waals surface area contributed by atoms with Crippen LogP contribution in [0.2, 0.25) is 0 Å². The van der Waals surface area contributed by atoms with Crippen LogP contribution in [0, 0.1) is 5.82 Å². The second kappa shape index (κ2) is 8.79. The minimum absolute atomic E-state index is 0.101. The lowest BCUT2D eigenvalue weighted by atomic mass is 10.1. The van der Waals surface area contributed by atoms with Gasteiger partial charge < -0.3 is 5.73 Å². The van der Waals surface area contributed by atoms with Crippen molar-refractivity contribution >= 4 is 40.0 Å². The van der Waals surface area contributed by atoms with E-state index in [1.807, 2.05) is 0 Å². The lowest BCUT2D eigenvalue weighted by Gasteiger charge is -2.07. The fourth-order valence-electron chi connectivity index (χ4n) is 2.34. The Morgan fingerprint density at radius 1 is 1.15 bits per heavy atom. The average Bonchev–Trinajstić information content (AvgIpc) is 3.09. The van der Waals surface area contributed by atoms with Crippen LogP contribution in [0.1, 0.15) is 20.8 Å². The van der Waals surface area contributed by atoms with Crippen LogP contribution < -0.4 is 11.1 Å². The summed E-state index contributed by atoms with van der Waals surface area (Å²) >= 11 is 2.58. The Bertz CT molecular complexity index is 958. The van der Waals surface area contributed by atoms with E-state index in [9.17, 15) is 14.0 Å². The average molecular weight is 401 g/mol. The van der Waals surface area contributed by atoms with Gasteiger partial charge in [-0.25, -0.2) is 9.37 Å². The van der Waals surface area contributed by atoms with E-state index in [1.165, 1.54) is 35.2 Å². The van der Waals surface area contributed by atoms with Crippen LogP contribution in [-0.2, 0) is 11.2 Å². The number of thioether (sulfide) groups is 1. The van der Waals surface area contributed by atoms with E-state index >= 15 is 0 Å². The summed E-state index contributed by atoms with van der Waals surface area (Å²) in [5.74, 6) is -0.918. The molecule has 2 amide bonds. The van der Waals surface area contributed by atoms with Gasteiger partial charge in [-0.15, -0.1) is 23.1 Å². The van der Waals surface area contributed by atoms with Crippen LogP contribution >= 0.6 is 23.1 Å². The molecular formula is C19H16FN3O2S2. The Morgan fingerprint density at radius 3 is 2.63 bits per heavy atom. The second-order valence-electron chi connectivity index (χ2n) is 5.64. The number of primary amides is 1. The van der Waals surface area contributed by atoms with Gasteiger partial charge in [0.2, 0.25) is 5.91 Å². The highest BCUT2D eigenvalue weighted by Gasteiger charge is 2.14. The highest BCUT2D eigenvalue weighted by atomic mass is 32.2. The van der Waals surface area contributed by atoms with Gasteiger partial charge in [0.05, 0.1) is 11.3 Å². The van der Waals surface area contributed by atoms with E-state index in [0.717, 1.165) is 10.4 Å². The van der Waals surface area contributed by atoms with Gasteiger partial charge in [0, 0.05) is 22.4 Å². The summed E-state index contributed by atoms with van der Waals surface area (Å²) in [4.78, 5) is 29.4. The summed E-state index contributed by atoms with van der Waals surface area (Å²) in [6, 6.07) is 13.3. The molecule has 0 saturated heterocycles. The Morgan fingerprint density at radius 2 is 1.89 bits per heavy atom. The van der Waals surface area contributed by atoms with Gasteiger partial charge >= 0.3 is 0 Å². The molecule has 0 aliphatic carbocycles. The van der Waals surface area contributed by atoms with Crippen molar-refractivity contribution in [2.75, 3.05) is 11.1 Å². The maximum Gasteiger partial charge on any atom is 0.258 e. The van der Waals surface area contributed by atoms with Crippen LogP contribution in [0.3, 0.4) is 0 Å². The molecule has 1 heterocycles. The number of rotatable bonds is 7. The topological polar surface area (TPSA) is 85.1 Å². The number of carbonyl (C=O) groups is 2. The Hall–Kier alpha value is -2.71. The molecule has 0 atom stereocenters. The van der Waals surface area contributed by atoms with E-state index < -0.39 is 5.91 Å². The molecule has 3 aromatic rings. The third kappa shape index (κ3) is 5.38. The maximum atomic E-state index is 13.0. The fraction of sp³-hybridized carbons (Fsp3) is 0.105. The number of aromatic nitrogens is 1. The summed E-state index contributed by atoms with van der Waals surface area (Å²) < 4.78 is 13.0. The molecular weight excluding hydrogens is 385 g/mol. The summed E-state index contributed by atoms with van der Waals surface area (Å²) in [6.45, 7) is 0. The number of anilines is 1. The molecule has 0 bridgehead atoms. The van der Waals surface area contributed by atoms with Crippen LogP contribution in [0.4, 0.5) is 9.52 Å². The standard InChI is InChI=1S/C19H16FN3O2S2/c20-13-7-5-12(6-8-13)9-14-10-22-19(27-14)23-18(25)15-3-1-2-4-16(15)26-11-17(21)24/h1-8,10H,9,11H2,(H2,21,24)(H,22,23,25). The smallest absolute Gasteiger partial charge is 0.258 e. The van der Waals surface area contributed by atoms with E-state index in [0.29, 0.717) is 22.0 Å². The molecule has 0 aliphatic heterocycles. The van der Waals surface area contributed by atoms with Crippen molar-refractivity contribution in [3.63, 3.8) is 0 Å². The first kappa shape index (κ1) is 19.1. The first-order valence-corrected chi connectivity index (χ1v) is 9.82. The van der Waals surface area contributed by atoms with E-state index in [4.69, 9.17) is 5.73 Å². The van der Waals surface area contributed by atoms with Gasteiger partial charge in [0.15, 0.2) is 5.13 Å². The molecule has 0 fully saturated rings. The number of amides is 2. The lowest BCUT2D eigenvalue weighted by Crippen LogP contribution is -2.15. The number of thiazole rings is 1. The number of benzene rings is 2. The number of carbonyl (C=O) groups excluding carboxylic acids is 2. The van der Waals surface area contributed by atoms with Crippen LogP contribution in [-0.4, -0.2) is 22.6 Å². The van der Waals surface area contributed by atoms with Gasteiger partial charge in [-0.2, -0.15) is 0 Å². The predicted molar refractivity (Wildman–Crippen MR) is 106 cm³/mol.